The van der Waals surface area contributed by atoms with Crippen LogP contribution in [0.1, 0.15) is 0 Å². The van der Waals surface area contributed by atoms with Crippen LogP contribution in [-0.4, -0.2) is 31.8 Å². The molecular weight excluding hydrogens is 353 g/mol. The number of anilines is 1. The highest BCUT2D eigenvalue weighted by Crippen LogP contribution is 2.21. The van der Waals surface area contributed by atoms with Crippen molar-refractivity contribution in [1.29, 1.82) is 0 Å². The summed E-state index contributed by atoms with van der Waals surface area (Å²) in [5, 5.41) is 9.90. The number of nitrogens with zero attached hydrogens (tertiary/aromatic N) is 3. The molecule has 0 aliphatic rings. The predicted molar refractivity (Wildman–Crippen MR) is 90.4 cm³/mol. The van der Waals surface area contributed by atoms with Gasteiger partial charge in [-0.15, -0.1) is 5.10 Å². The van der Waals surface area contributed by atoms with Crippen LogP contribution in [0.4, 0.5) is 10.1 Å². The van der Waals surface area contributed by atoms with Gasteiger partial charge in [0, 0.05) is 23.6 Å². The Morgan fingerprint density at radius 1 is 1.29 bits per heavy atom. The van der Waals surface area contributed by atoms with Crippen molar-refractivity contribution >= 4 is 35.0 Å². The lowest BCUT2D eigenvalue weighted by Gasteiger charge is -2.04. The van der Waals surface area contributed by atoms with Crippen molar-refractivity contribution in [3.63, 3.8) is 0 Å². The number of thioether (sulfide) groups is 1. The van der Waals surface area contributed by atoms with Crippen LogP contribution in [0.5, 0.6) is 0 Å². The van der Waals surface area contributed by atoms with Gasteiger partial charge in [0.1, 0.15) is 5.82 Å². The van der Waals surface area contributed by atoms with Crippen molar-refractivity contribution in [2.45, 2.75) is 5.16 Å². The summed E-state index contributed by atoms with van der Waals surface area (Å²) in [5.41, 5.74) is 1.29. The van der Waals surface area contributed by atoms with E-state index in [1.165, 1.54) is 30.0 Å². The second-order valence-corrected chi connectivity index (χ2v) is 6.02. The second-order valence-electron chi connectivity index (χ2n) is 4.67. The van der Waals surface area contributed by atoms with Crippen molar-refractivity contribution < 1.29 is 9.18 Å². The highest BCUT2D eigenvalue weighted by molar-refractivity contribution is 7.99. The van der Waals surface area contributed by atoms with Crippen LogP contribution in [0.15, 0.2) is 47.9 Å². The first kappa shape index (κ1) is 16.4. The normalized spacial score (nSPS) is 10.6. The van der Waals surface area contributed by atoms with Crippen LogP contribution in [0, 0.1) is 5.82 Å². The van der Waals surface area contributed by atoms with Gasteiger partial charge >= 0.3 is 0 Å². The van der Waals surface area contributed by atoms with Crippen LogP contribution >= 0.6 is 23.4 Å². The van der Waals surface area contributed by atoms with E-state index in [0.717, 1.165) is 5.56 Å². The summed E-state index contributed by atoms with van der Waals surface area (Å²) in [5.74, 6) is -0.0835. The standard InChI is InChI=1S/C15H11ClFN5OS/c16-11-7-10(1-2-12(11)17)19-13(23)8-24-15-20-14(21-22-15)9-3-5-18-6-4-9/h1-7H,8H2,(H,19,23)(H,20,21,22). The smallest absolute Gasteiger partial charge is 0.234 e. The van der Waals surface area contributed by atoms with E-state index >= 15 is 0 Å². The number of amides is 1. The molecule has 0 aliphatic heterocycles. The number of halogens is 2. The maximum absolute atomic E-state index is 13.1. The minimum Gasteiger partial charge on any atom is -0.325 e. The Balaban J connectivity index is 1.56. The topological polar surface area (TPSA) is 83.6 Å². The molecule has 122 valence electrons. The Morgan fingerprint density at radius 3 is 2.83 bits per heavy atom. The largest absolute Gasteiger partial charge is 0.325 e. The van der Waals surface area contributed by atoms with E-state index < -0.39 is 5.82 Å². The number of nitrogens with one attached hydrogen (secondary N) is 2. The molecule has 3 aromatic rings. The zero-order valence-corrected chi connectivity index (χ0v) is 13.7. The monoisotopic (exact) mass is 363 g/mol. The lowest BCUT2D eigenvalue weighted by molar-refractivity contribution is -0.113. The second kappa shape index (κ2) is 7.41. The van der Waals surface area contributed by atoms with E-state index in [-0.39, 0.29) is 16.7 Å². The number of aromatic amines is 1. The Bertz CT molecular complexity index is 858. The lowest BCUT2D eigenvalue weighted by Crippen LogP contribution is -2.14. The van der Waals surface area contributed by atoms with Gasteiger partial charge in [-0.1, -0.05) is 23.4 Å². The minimum absolute atomic E-state index is 0.0450. The number of H-pyrrole nitrogens is 1. The molecule has 0 spiro atoms. The van der Waals surface area contributed by atoms with Gasteiger partial charge in [-0.2, -0.15) is 0 Å². The number of carbonyl (C=O) groups excluding carboxylic acids is 1. The first-order valence-electron chi connectivity index (χ1n) is 6.82. The molecule has 2 aromatic heterocycles. The molecule has 0 aliphatic carbocycles. The van der Waals surface area contributed by atoms with Crippen LogP contribution < -0.4 is 5.32 Å². The summed E-state index contributed by atoms with van der Waals surface area (Å²) in [7, 11) is 0. The third-order valence-electron chi connectivity index (χ3n) is 2.95. The molecule has 1 amide bonds. The molecule has 0 unspecified atom stereocenters. The summed E-state index contributed by atoms with van der Waals surface area (Å²) in [6.07, 6.45) is 3.32. The first-order valence-corrected chi connectivity index (χ1v) is 8.18. The average Bonchev–Trinajstić information content (AvgIpc) is 3.06. The van der Waals surface area contributed by atoms with Gasteiger partial charge in [0.15, 0.2) is 5.82 Å². The quantitative estimate of drug-likeness (QED) is 0.679. The highest BCUT2D eigenvalue weighted by atomic mass is 35.5. The Hall–Kier alpha value is -2.45. The fourth-order valence-corrected chi connectivity index (χ4v) is 2.63. The van der Waals surface area contributed by atoms with Gasteiger partial charge in [0.05, 0.1) is 10.8 Å². The average molecular weight is 364 g/mol. The van der Waals surface area contributed by atoms with E-state index in [4.69, 9.17) is 11.6 Å². The molecule has 6 nitrogen and oxygen atoms in total. The third kappa shape index (κ3) is 4.09. The molecule has 0 bridgehead atoms. The maximum Gasteiger partial charge on any atom is 0.234 e. The summed E-state index contributed by atoms with van der Waals surface area (Å²) in [6, 6.07) is 7.60. The number of pyridine rings is 1. The number of hydrogen-bond acceptors (Lipinski definition) is 5. The Labute approximate surface area is 145 Å². The molecular formula is C15H11ClFN5OS. The number of carbonyl (C=O) groups is 1. The van der Waals surface area contributed by atoms with Gasteiger partial charge in [0.25, 0.3) is 0 Å². The van der Waals surface area contributed by atoms with E-state index in [2.05, 4.69) is 25.5 Å². The molecule has 0 saturated carbocycles. The Kier molecular flexibility index (Phi) is 5.07. The van der Waals surface area contributed by atoms with E-state index in [1.807, 2.05) is 0 Å². The zero-order valence-electron chi connectivity index (χ0n) is 12.2. The van der Waals surface area contributed by atoms with Gasteiger partial charge in [-0.25, -0.2) is 9.37 Å². The fraction of sp³-hybridized carbons (Fsp3) is 0.0667. The zero-order chi connectivity index (χ0) is 16.9. The van der Waals surface area contributed by atoms with Crippen molar-refractivity contribution in [2.75, 3.05) is 11.1 Å². The maximum atomic E-state index is 13.1. The van der Waals surface area contributed by atoms with Gasteiger partial charge < -0.3 is 5.32 Å². The molecule has 3 rings (SSSR count). The molecule has 1 aromatic carbocycles. The van der Waals surface area contributed by atoms with E-state index in [0.29, 0.717) is 16.7 Å². The van der Waals surface area contributed by atoms with Crippen LogP contribution in [-0.2, 0) is 4.79 Å². The van der Waals surface area contributed by atoms with Crippen LogP contribution in [0.3, 0.4) is 0 Å². The number of aromatic nitrogens is 4. The molecule has 0 fully saturated rings. The van der Waals surface area contributed by atoms with Crippen molar-refractivity contribution in [2.24, 2.45) is 0 Å². The molecule has 24 heavy (non-hydrogen) atoms. The van der Waals surface area contributed by atoms with Crippen molar-refractivity contribution in [3.8, 4) is 11.4 Å². The van der Waals surface area contributed by atoms with Crippen molar-refractivity contribution in [1.82, 2.24) is 20.2 Å². The summed E-state index contributed by atoms with van der Waals surface area (Å²) in [4.78, 5) is 20.2. The predicted octanol–water partition coefficient (Wildman–Crippen LogP) is 3.39. The molecule has 2 heterocycles. The van der Waals surface area contributed by atoms with Crippen LogP contribution in [0.2, 0.25) is 5.02 Å². The SMILES string of the molecule is O=C(CSc1n[nH]c(-c2ccncc2)n1)Nc1ccc(F)c(Cl)c1. The summed E-state index contributed by atoms with van der Waals surface area (Å²) >= 11 is 6.85. The summed E-state index contributed by atoms with van der Waals surface area (Å²) in [6.45, 7) is 0. The van der Waals surface area contributed by atoms with Gasteiger partial charge in [0.2, 0.25) is 11.1 Å². The molecule has 0 radical (unpaired) electrons. The van der Waals surface area contributed by atoms with Gasteiger partial charge in [-0.3, -0.25) is 14.9 Å². The van der Waals surface area contributed by atoms with E-state index in [1.54, 1.807) is 24.5 Å². The van der Waals surface area contributed by atoms with E-state index in [9.17, 15) is 9.18 Å². The van der Waals surface area contributed by atoms with Gasteiger partial charge in [-0.05, 0) is 30.3 Å². The number of rotatable bonds is 5. The minimum atomic E-state index is -0.534. The molecule has 0 atom stereocenters. The molecule has 2 N–H and O–H groups in total. The highest BCUT2D eigenvalue weighted by Gasteiger charge is 2.10. The fourth-order valence-electron chi connectivity index (χ4n) is 1.85. The molecule has 0 saturated heterocycles. The Morgan fingerprint density at radius 2 is 2.08 bits per heavy atom. The first-order chi connectivity index (χ1) is 11.6. The summed E-state index contributed by atoms with van der Waals surface area (Å²) < 4.78 is 13.1. The van der Waals surface area contributed by atoms with Crippen LogP contribution in [0.25, 0.3) is 11.4 Å². The number of benzene rings is 1. The number of hydrogen-bond donors (Lipinski definition) is 2. The van der Waals surface area contributed by atoms with Crippen molar-refractivity contribution in [3.05, 3.63) is 53.6 Å². The molecule has 9 heteroatoms. The lowest BCUT2D eigenvalue weighted by atomic mass is 10.3. The third-order valence-corrected chi connectivity index (χ3v) is 4.09.